The minimum atomic E-state index is -0.597. The fraction of sp³-hybridized carbons (Fsp3) is 1.00. The third-order valence-electron chi connectivity index (χ3n) is 6.57. The average molecular weight is 330 g/mol. The molecule has 2 N–H and O–H groups in total. The van der Waals surface area contributed by atoms with E-state index in [0.717, 1.165) is 19.3 Å². The van der Waals surface area contributed by atoms with Gasteiger partial charge in [0.1, 0.15) is 0 Å². The molecule has 5 nitrogen and oxygen atoms in total. The van der Waals surface area contributed by atoms with Crippen LogP contribution in [-0.2, 0) is 14.2 Å². The summed E-state index contributed by atoms with van der Waals surface area (Å²) in [5.74, 6) is -0.468. The zero-order chi connectivity index (χ0) is 17.5. The molecule has 3 unspecified atom stereocenters. The highest BCUT2D eigenvalue weighted by Gasteiger charge is 2.64. The van der Waals surface area contributed by atoms with Crippen molar-refractivity contribution >= 4 is 0 Å². The maximum Gasteiger partial charge on any atom is 0.174 e. The standard InChI is InChI=1S/C18H35NO4/c1-8-16(5)10-18(14(3)17(6,9-2)19(16)20)22-12-15(4,11-21-7)13-23-18/h14,20H,8-13H2,1-7H3/p+1. The van der Waals surface area contributed by atoms with Gasteiger partial charge in [0.25, 0.3) is 0 Å². The maximum absolute atomic E-state index is 8.76. The van der Waals surface area contributed by atoms with Crippen LogP contribution in [0, 0.1) is 11.3 Å². The first-order chi connectivity index (χ1) is 10.6. The lowest BCUT2D eigenvalue weighted by molar-refractivity contribution is -0.401. The molecule has 0 amide bonds. The smallest absolute Gasteiger partial charge is 0.174 e. The van der Waals surface area contributed by atoms with Crippen molar-refractivity contribution in [3.8, 4) is 0 Å². The Balaban J connectivity index is 2.32. The number of hydroxylamine groups is 2. The van der Waals surface area contributed by atoms with Gasteiger partial charge in [-0.15, -0.1) is 0 Å². The summed E-state index contributed by atoms with van der Waals surface area (Å²) in [6.45, 7) is 14.9. The summed E-state index contributed by atoms with van der Waals surface area (Å²) in [5, 5.41) is 10.6. The van der Waals surface area contributed by atoms with Crippen molar-refractivity contribution in [2.45, 2.75) is 77.7 Å². The molecule has 2 rings (SSSR count). The largest absolute Gasteiger partial charge is 0.384 e. The van der Waals surface area contributed by atoms with Crippen molar-refractivity contribution < 1.29 is 19.4 Å². The molecule has 0 saturated carbocycles. The van der Waals surface area contributed by atoms with Gasteiger partial charge >= 0.3 is 0 Å². The summed E-state index contributed by atoms with van der Waals surface area (Å²) in [5.41, 5.74) is -0.604. The predicted molar refractivity (Wildman–Crippen MR) is 91.2 cm³/mol. The van der Waals surface area contributed by atoms with Crippen molar-refractivity contribution in [1.29, 1.82) is 0 Å². The quantitative estimate of drug-likeness (QED) is 0.744. The van der Waals surface area contributed by atoms with E-state index < -0.39 is 5.79 Å². The Hall–Kier alpha value is -0.200. The second kappa shape index (κ2) is 6.26. The molecule has 2 heterocycles. The van der Waals surface area contributed by atoms with Crippen LogP contribution in [0.4, 0.5) is 0 Å². The molecule has 0 aromatic rings. The summed E-state index contributed by atoms with van der Waals surface area (Å²) >= 11 is 0. The molecular weight excluding hydrogens is 294 g/mol. The van der Waals surface area contributed by atoms with Gasteiger partial charge in [-0.25, -0.2) is 0 Å². The van der Waals surface area contributed by atoms with E-state index >= 15 is 0 Å². The Bertz CT molecular complexity index is 421. The molecule has 1 spiro atoms. The molecule has 0 aliphatic carbocycles. The number of nitrogens with zero attached hydrogens (tertiary/aromatic N) is 1. The Morgan fingerprint density at radius 3 is 2.13 bits per heavy atom. The first-order valence-corrected chi connectivity index (χ1v) is 8.90. The van der Waals surface area contributed by atoms with E-state index in [9.17, 15) is 0 Å². The van der Waals surface area contributed by atoms with Crippen LogP contribution in [0.15, 0.2) is 0 Å². The number of hydrogen-bond donors (Lipinski definition) is 0. The molecule has 23 heavy (non-hydrogen) atoms. The Morgan fingerprint density at radius 2 is 1.70 bits per heavy atom. The van der Waals surface area contributed by atoms with E-state index in [0.29, 0.717) is 19.8 Å². The van der Waals surface area contributed by atoms with Gasteiger partial charge in [0, 0.05) is 24.9 Å². The van der Waals surface area contributed by atoms with E-state index in [-0.39, 0.29) is 22.4 Å². The van der Waals surface area contributed by atoms with E-state index in [1.54, 1.807) is 7.11 Å². The lowest BCUT2D eigenvalue weighted by Gasteiger charge is -2.60. The topological polar surface area (TPSA) is 53.8 Å². The average Bonchev–Trinajstić information content (AvgIpc) is 2.54. The van der Waals surface area contributed by atoms with Gasteiger partial charge in [0.15, 0.2) is 5.79 Å². The second-order valence-corrected chi connectivity index (χ2v) is 8.43. The van der Waals surface area contributed by atoms with Crippen LogP contribution in [0.2, 0.25) is 0 Å². The number of methoxy groups -OCH3 is 1. The van der Waals surface area contributed by atoms with Crippen LogP contribution in [0.3, 0.4) is 0 Å². The predicted octanol–water partition coefficient (Wildman–Crippen LogP) is 2.70. The number of piperidine rings is 1. The highest BCUT2D eigenvalue weighted by atomic mass is 16.7. The normalized spacial score (nSPS) is 48.8. The SMILES string of the molecule is CCC1(C)CC2(OCC(C)(COC)CO2)C(C)C(C)(CC)N1[OH2+]. The Morgan fingerprint density at radius 1 is 1.13 bits per heavy atom. The van der Waals surface area contributed by atoms with Crippen LogP contribution in [0.5, 0.6) is 0 Å². The molecule has 0 aromatic heterocycles. The number of hydrogen-bond acceptors (Lipinski definition) is 4. The summed E-state index contributed by atoms with van der Waals surface area (Å²) in [4.78, 5) is 0. The van der Waals surface area contributed by atoms with Gasteiger partial charge in [0.2, 0.25) is 0 Å². The minimum Gasteiger partial charge on any atom is -0.384 e. The van der Waals surface area contributed by atoms with Crippen LogP contribution in [-0.4, -0.2) is 54.1 Å². The third-order valence-corrected chi connectivity index (χ3v) is 6.57. The highest BCUT2D eigenvalue weighted by Crippen LogP contribution is 2.53. The summed E-state index contributed by atoms with van der Waals surface area (Å²) in [6, 6.07) is 0. The monoisotopic (exact) mass is 330 g/mol. The van der Waals surface area contributed by atoms with Crippen LogP contribution >= 0.6 is 0 Å². The zero-order valence-corrected chi connectivity index (χ0v) is 16.0. The highest BCUT2D eigenvalue weighted by molar-refractivity contribution is 5.08. The minimum absolute atomic E-state index is 0.0942. The molecule has 2 saturated heterocycles. The zero-order valence-electron chi connectivity index (χ0n) is 16.0. The molecule has 2 aliphatic heterocycles. The molecule has 136 valence electrons. The van der Waals surface area contributed by atoms with Crippen molar-refractivity contribution in [2.24, 2.45) is 11.3 Å². The second-order valence-electron chi connectivity index (χ2n) is 8.43. The Labute approximate surface area is 141 Å². The fourth-order valence-corrected chi connectivity index (χ4v) is 4.25. The van der Waals surface area contributed by atoms with E-state index in [1.807, 2.05) is 5.06 Å². The molecule has 0 aromatic carbocycles. The fourth-order valence-electron chi connectivity index (χ4n) is 4.25. The maximum atomic E-state index is 8.76. The molecular formula is C18H36NO4+. The number of rotatable bonds is 4. The van der Waals surface area contributed by atoms with Crippen molar-refractivity contribution in [1.82, 2.24) is 5.06 Å². The van der Waals surface area contributed by atoms with Crippen molar-refractivity contribution in [3.63, 3.8) is 0 Å². The molecule has 0 radical (unpaired) electrons. The van der Waals surface area contributed by atoms with Gasteiger partial charge in [-0.2, -0.15) is 0 Å². The summed E-state index contributed by atoms with van der Waals surface area (Å²) in [6.07, 6.45) is 2.54. The van der Waals surface area contributed by atoms with Crippen LogP contribution in [0.25, 0.3) is 0 Å². The van der Waals surface area contributed by atoms with Gasteiger partial charge in [-0.3, -0.25) is 0 Å². The van der Waals surface area contributed by atoms with E-state index in [1.165, 1.54) is 0 Å². The first-order valence-electron chi connectivity index (χ1n) is 8.90. The van der Waals surface area contributed by atoms with Crippen molar-refractivity contribution in [2.75, 3.05) is 26.9 Å². The van der Waals surface area contributed by atoms with Gasteiger partial charge in [0.05, 0.1) is 30.9 Å². The third kappa shape index (κ3) is 2.95. The van der Waals surface area contributed by atoms with Crippen LogP contribution in [0.1, 0.15) is 60.8 Å². The molecule has 0 bridgehead atoms. The van der Waals surface area contributed by atoms with E-state index in [2.05, 4.69) is 41.5 Å². The number of ether oxygens (including phenoxy) is 3. The molecule has 2 fully saturated rings. The summed E-state index contributed by atoms with van der Waals surface area (Å²) < 4.78 is 18.2. The van der Waals surface area contributed by atoms with Gasteiger partial charge in [-0.05, 0) is 26.7 Å². The lowest BCUT2D eigenvalue weighted by Crippen LogP contribution is -2.73. The van der Waals surface area contributed by atoms with Crippen molar-refractivity contribution in [3.05, 3.63) is 0 Å². The van der Waals surface area contributed by atoms with Crippen LogP contribution < -0.4 is 0 Å². The summed E-state index contributed by atoms with van der Waals surface area (Å²) in [7, 11) is 1.72. The van der Waals surface area contributed by atoms with Gasteiger partial charge < -0.3 is 19.4 Å². The molecule has 3 atom stereocenters. The Kier molecular flexibility index (Phi) is 5.21. The first kappa shape index (κ1) is 19.1. The van der Waals surface area contributed by atoms with Gasteiger partial charge in [-0.1, -0.05) is 32.8 Å². The molecule has 5 heteroatoms. The molecule has 2 aliphatic rings. The lowest BCUT2D eigenvalue weighted by atomic mass is 9.67. The van der Waals surface area contributed by atoms with E-state index in [4.69, 9.17) is 19.4 Å².